The van der Waals surface area contributed by atoms with Crippen LogP contribution < -0.4 is 21.7 Å². The monoisotopic (exact) mass is 530 g/mol. The van der Waals surface area contributed by atoms with Gasteiger partial charge in [-0.1, -0.05) is 6.08 Å². The summed E-state index contributed by atoms with van der Waals surface area (Å²) in [6.07, 6.45) is 4.85. The molecule has 4 unspecified atom stereocenters. The van der Waals surface area contributed by atoms with Gasteiger partial charge in [-0.25, -0.2) is 8.78 Å². The van der Waals surface area contributed by atoms with Crippen molar-refractivity contribution in [2.24, 2.45) is 11.8 Å². The number of benzene rings is 2. The van der Waals surface area contributed by atoms with Crippen LogP contribution in [0.3, 0.4) is 0 Å². The highest BCUT2D eigenvalue weighted by Gasteiger charge is 2.54. The average molecular weight is 531 g/mol. The van der Waals surface area contributed by atoms with E-state index in [1.165, 1.54) is 12.1 Å². The first-order chi connectivity index (χ1) is 15.9. The van der Waals surface area contributed by atoms with Crippen LogP contribution in [0.2, 0.25) is 0 Å². The Morgan fingerprint density at radius 3 is 2.68 bits per heavy atom. The molecule has 3 fully saturated rings. The van der Waals surface area contributed by atoms with Crippen LogP contribution in [0, 0.1) is 23.5 Å². The maximum atomic E-state index is 14.0. The van der Waals surface area contributed by atoms with E-state index in [1.54, 1.807) is 13.3 Å². The Hall–Kier alpha value is -2.35. The predicted molar refractivity (Wildman–Crippen MR) is 124 cm³/mol. The molecule has 4 heterocycles. The van der Waals surface area contributed by atoms with E-state index >= 15 is 0 Å². The highest BCUT2D eigenvalue weighted by molar-refractivity contribution is 5.83. The van der Waals surface area contributed by atoms with E-state index in [4.69, 9.17) is 4.74 Å². The van der Waals surface area contributed by atoms with Crippen molar-refractivity contribution in [3.8, 4) is 5.75 Å². The van der Waals surface area contributed by atoms with Gasteiger partial charge < -0.3 is 31.3 Å². The van der Waals surface area contributed by atoms with Crippen LogP contribution in [0.1, 0.15) is 30.1 Å². The van der Waals surface area contributed by atoms with Crippen LogP contribution in [0.4, 0.5) is 8.78 Å². The lowest BCUT2D eigenvalue weighted by atomic mass is 9.71. The fourth-order valence-electron chi connectivity index (χ4n) is 6.19. The molecule has 34 heavy (non-hydrogen) atoms. The molecule has 0 aliphatic carbocycles. The molecule has 3 saturated heterocycles. The fourth-order valence-corrected chi connectivity index (χ4v) is 6.19. The molecule has 3 aliphatic heterocycles. The summed E-state index contributed by atoms with van der Waals surface area (Å²) in [5.41, 5.74) is 2.23. The van der Waals surface area contributed by atoms with Crippen LogP contribution in [0.25, 0.3) is 10.9 Å². The number of methoxy groups -OCH3 is 1. The summed E-state index contributed by atoms with van der Waals surface area (Å²) >= 11 is 0. The minimum absolute atomic E-state index is 0. The first kappa shape index (κ1) is 24.8. The minimum Gasteiger partial charge on any atom is -1.00 e. The summed E-state index contributed by atoms with van der Waals surface area (Å²) < 4.78 is 34.0. The number of nitrogens with zero attached hydrogens (tertiary/aromatic N) is 2. The van der Waals surface area contributed by atoms with Crippen molar-refractivity contribution in [2.45, 2.75) is 31.5 Å². The van der Waals surface area contributed by atoms with Gasteiger partial charge in [-0.05, 0) is 47.9 Å². The summed E-state index contributed by atoms with van der Waals surface area (Å²) in [4.78, 5) is 4.45. The number of hydrogen-bond acceptors (Lipinski definition) is 3. The largest absolute Gasteiger partial charge is 1.00 e. The summed E-state index contributed by atoms with van der Waals surface area (Å²) in [6, 6.07) is 11.2. The number of pyridine rings is 1. The van der Waals surface area contributed by atoms with E-state index in [0.717, 1.165) is 48.5 Å². The highest BCUT2D eigenvalue weighted by Crippen LogP contribution is 2.48. The molecule has 2 bridgehead atoms. The molecule has 3 aromatic rings. The van der Waals surface area contributed by atoms with E-state index in [-0.39, 0.29) is 23.0 Å². The van der Waals surface area contributed by atoms with Crippen LogP contribution in [0.5, 0.6) is 5.75 Å². The fraction of sp³-hybridized carbons (Fsp3) is 0.370. The molecule has 1 aromatic heterocycles. The van der Waals surface area contributed by atoms with Gasteiger partial charge in [0.15, 0.2) is 0 Å². The molecule has 0 amide bonds. The maximum Gasteiger partial charge on any atom is 0.131 e. The Morgan fingerprint density at radius 1 is 1.21 bits per heavy atom. The second-order valence-electron chi connectivity index (χ2n) is 9.54. The average Bonchev–Trinajstić information content (AvgIpc) is 2.82. The second kappa shape index (κ2) is 9.72. The molecular formula is C27H29BrF2N2O2. The van der Waals surface area contributed by atoms with Gasteiger partial charge in [-0.2, -0.15) is 0 Å². The predicted octanol–water partition coefficient (Wildman–Crippen LogP) is 2.17. The number of ether oxygens (including phenoxy) is 1. The zero-order valence-corrected chi connectivity index (χ0v) is 20.7. The summed E-state index contributed by atoms with van der Waals surface area (Å²) in [5.74, 6) is 0.351. The molecule has 6 rings (SSSR count). The Bertz CT molecular complexity index is 1190. The standard InChI is InChI=1S/C27H29F2N2O2.BrH/c1-3-18-16-31(15-17-10-20(28)13-21(29)11-17)9-7-19(18)12-26(31)27(32)23-6-8-30-25-5-4-22(33-2)14-24(23)25;/h3-6,8,10-11,13-14,18-19,26-27,32H,1,7,9,12,15-16H2,2H3;1H/q+1;/p-1/t18?,19?,26?,27-,31?;/m1./s1. The van der Waals surface area contributed by atoms with Crippen molar-refractivity contribution >= 4 is 10.9 Å². The number of hydrogen-bond donors (Lipinski definition) is 1. The van der Waals surface area contributed by atoms with Crippen molar-refractivity contribution in [3.63, 3.8) is 0 Å². The van der Waals surface area contributed by atoms with E-state index in [2.05, 4.69) is 11.6 Å². The van der Waals surface area contributed by atoms with Gasteiger partial charge in [0.2, 0.25) is 0 Å². The molecule has 180 valence electrons. The maximum absolute atomic E-state index is 14.0. The van der Waals surface area contributed by atoms with Crippen LogP contribution in [-0.2, 0) is 6.54 Å². The number of quaternary nitrogens is 1. The molecule has 3 aliphatic rings. The van der Waals surface area contributed by atoms with Crippen LogP contribution in [0.15, 0.2) is 61.3 Å². The number of aromatic nitrogens is 1. The number of aliphatic hydroxyl groups excluding tert-OH is 1. The first-order valence-corrected chi connectivity index (χ1v) is 11.5. The quantitative estimate of drug-likeness (QED) is 0.392. The van der Waals surface area contributed by atoms with Gasteiger partial charge >= 0.3 is 0 Å². The number of fused-ring (bicyclic) bond motifs is 4. The zero-order chi connectivity index (χ0) is 23.2. The molecule has 1 N–H and O–H groups in total. The van der Waals surface area contributed by atoms with E-state index in [9.17, 15) is 13.9 Å². The molecule has 0 radical (unpaired) electrons. The van der Waals surface area contributed by atoms with E-state index in [1.807, 2.05) is 30.3 Å². The third-order valence-corrected chi connectivity index (χ3v) is 7.76. The SMILES string of the molecule is C=CC1C[N+]2(Cc3cc(F)cc(F)c3)CCC1CC2[C@H](O)c1ccnc2ccc(OC)cc12.[Br-]. The minimum atomic E-state index is -0.741. The van der Waals surface area contributed by atoms with Crippen molar-refractivity contribution in [1.29, 1.82) is 0 Å². The molecule has 7 heteroatoms. The molecular weight excluding hydrogens is 502 g/mol. The van der Waals surface area contributed by atoms with Crippen molar-refractivity contribution in [3.05, 3.63) is 84.1 Å². The smallest absolute Gasteiger partial charge is 0.131 e. The van der Waals surface area contributed by atoms with E-state index in [0.29, 0.717) is 34.2 Å². The number of halogens is 3. The topological polar surface area (TPSA) is 42.4 Å². The number of aliphatic hydroxyl groups is 1. The molecule has 0 spiro atoms. The van der Waals surface area contributed by atoms with Gasteiger partial charge in [-0.15, -0.1) is 6.58 Å². The number of rotatable bonds is 6. The Balaban J connectivity index is 0.00000274. The van der Waals surface area contributed by atoms with Gasteiger partial charge in [0.1, 0.15) is 36.1 Å². The lowest BCUT2D eigenvalue weighted by Crippen LogP contribution is -3.00. The molecule has 4 nitrogen and oxygen atoms in total. The molecule has 2 aromatic carbocycles. The zero-order valence-electron chi connectivity index (χ0n) is 19.1. The Kier molecular flexibility index (Phi) is 7.08. The molecule has 5 atom stereocenters. The van der Waals surface area contributed by atoms with Crippen LogP contribution in [-0.4, -0.2) is 40.8 Å². The lowest BCUT2D eigenvalue weighted by molar-refractivity contribution is -0.985. The second-order valence-corrected chi connectivity index (χ2v) is 9.54. The normalized spacial score (nSPS) is 26.6. The van der Waals surface area contributed by atoms with Crippen molar-refractivity contribution in [2.75, 3.05) is 20.2 Å². The summed E-state index contributed by atoms with van der Waals surface area (Å²) in [7, 11) is 1.62. The third-order valence-electron chi connectivity index (χ3n) is 7.76. The lowest BCUT2D eigenvalue weighted by Gasteiger charge is -2.58. The van der Waals surface area contributed by atoms with Crippen molar-refractivity contribution in [1.82, 2.24) is 4.98 Å². The first-order valence-electron chi connectivity index (χ1n) is 11.5. The van der Waals surface area contributed by atoms with Crippen LogP contribution >= 0.6 is 0 Å². The Morgan fingerprint density at radius 2 is 1.97 bits per heavy atom. The Labute approximate surface area is 209 Å². The van der Waals surface area contributed by atoms with Gasteiger partial charge in [0, 0.05) is 42.0 Å². The molecule has 0 saturated carbocycles. The van der Waals surface area contributed by atoms with Gasteiger partial charge in [0.25, 0.3) is 0 Å². The van der Waals surface area contributed by atoms with Gasteiger partial charge in [0.05, 0.1) is 25.7 Å². The van der Waals surface area contributed by atoms with E-state index < -0.39 is 17.7 Å². The van der Waals surface area contributed by atoms with Crippen molar-refractivity contribution < 1.29 is 40.1 Å². The third kappa shape index (κ3) is 4.37. The summed E-state index contributed by atoms with van der Waals surface area (Å²) in [6.45, 7) is 6.18. The van der Waals surface area contributed by atoms with Gasteiger partial charge in [-0.3, -0.25) is 4.98 Å². The number of piperidine rings is 3. The highest BCUT2D eigenvalue weighted by atomic mass is 79.9. The summed E-state index contributed by atoms with van der Waals surface area (Å²) in [5, 5.41) is 12.6.